The predicted molar refractivity (Wildman–Crippen MR) is 102 cm³/mol. The highest BCUT2D eigenvalue weighted by Gasteiger charge is 2.33. The van der Waals surface area contributed by atoms with E-state index in [-0.39, 0.29) is 29.7 Å². The van der Waals surface area contributed by atoms with Crippen LogP contribution in [0.2, 0.25) is 0 Å². The number of halogens is 3. The van der Waals surface area contributed by atoms with Gasteiger partial charge in [-0.15, -0.1) is 0 Å². The number of nitrogens with one attached hydrogen (secondary N) is 1. The van der Waals surface area contributed by atoms with Gasteiger partial charge in [-0.05, 0) is 29.7 Å². The molecule has 0 bridgehead atoms. The van der Waals surface area contributed by atoms with Crippen LogP contribution in [0.3, 0.4) is 0 Å². The van der Waals surface area contributed by atoms with E-state index in [2.05, 4.69) is 15.5 Å². The number of alkyl halides is 3. The second-order valence-corrected chi connectivity index (χ2v) is 7.10. The summed E-state index contributed by atoms with van der Waals surface area (Å²) in [5, 5.41) is 6.51. The molecule has 1 aliphatic rings. The number of benzene rings is 2. The van der Waals surface area contributed by atoms with Crippen LogP contribution >= 0.6 is 0 Å². The van der Waals surface area contributed by atoms with Gasteiger partial charge in [-0.3, -0.25) is 9.69 Å². The molecule has 1 amide bonds. The Morgan fingerprint density at radius 3 is 2.70 bits per heavy atom. The molecule has 30 heavy (non-hydrogen) atoms. The number of carbonyl (C=O) groups is 1. The molecular weight excluding hydrogens is 397 g/mol. The van der Waals surface area contributed by atoms with Gasteiger partial charge in [0.05, 0.1) is 18.2 Å². The molecule has 4 rings (SSSR count). The van der Waals surface area contributed by atoms with Crippen LogP contribution in [-0.2, 0) is 30.5 Å². The van der Waals surface area contributed by atoms with Crippen molar-refractivity contribution >= 4 is 5.91 Å². The Bertz CT molecular complexity index is 1060. The number of likely N-dealkylation sites (N-methyl/N-ethyl adjacent to an activating group) is 1. The molecule has 1 aliphatic heterocycles. The molecule has 0 saturated heterocycles. The highest BCUT2D eigenvalue weighted by molar-refractivity contribution is 5.82. The van der Waals surface area contributed by atoms with E-state index in [1.54, 1.807) is 7.05 Å². The topological polar surface area (TPSA) is 71.3 Å². The van der Waals surface area contributed by atoms with E-state index >= 15 is 0 Å². The number of carbonyl (C=O) groups excluding carboxylic acids is 1. The van der Waals surface area contributed by atoms with Crippen LogP contribution in [0.5, 0.6) is 0 Å². The fraction of sp³-hybridized carbons (Fsp3) is 0.286. The third kappa shape index (κ3) is 4.06. The highest BCUT2D eigenvalue weighted by atomic mass is 19.4. The van der Waals surface area contributed by atoms with Crippen molar-refractivity contribution in [2.45, 2.75) is 31.7 Å². The zero-order valence-electron chi connectivity index (χ0n) is 16.1. The zero-order chi connectivity index (χ0) is 21.3. The number of amides is 1. The van der Waals surface area contributed by atoms with Crippen molar-refractivity contribution in [2.24, 2.45) is 0 Å². The molecule has 0 aliphatic carbocycles. The standard InChI is InChI=1S/C21H19F3N4O2/c1-25-20(29)17-10-13-5-2-3-6-15(13)11-28(17)12-18-26-19(27-30-18)14-7-4-8-16(9-14)21(22,23)24/h2-9,17H,10-12H2,1H3,(H,25,29)/t17-/m0/s1. The largest absolute Gasteiger partial charge is 0.416 e. The summed E-state index contributed by atoms with van der Waals surface area (Å²) in [6.45, 7) is 0.730. The van der Waals surface area contributed by atoms with Gasteiger partial charge in [-0.25, -0.2) is 0 Å². The fourth-order valence-electron chi connectivity index (χ4n) is 3.61. The van der Waals surface area contributed by atoms with Gasteiger partial charge < -0.3 is 9.84 Å². The summed E-state index contributed by atoms with van der Waals surface area (Å²) in [6.07, 6.45) is -3.91. The molecule has 1 aromatic heterocycles. The normalized spacial score (nSPS) is 16.9. The first-order valence-corrected chi connectivity index (χ1v) is 9.38. The van der Waals surface area contributed by atoms with Crippen LogP contribution in [0.15, 0.2) is 53.1 Å². The summed E-state index contributed by atoms with van der Waals surface area (Å²) < 4.78 is 44.2. The predicted octanol–water partition coefficient (Wildman–Crippen LogP) is 3.43. The van der Waals surface area contributed by atoms with Crippen LogP contribution in [0.1, 0.15) is 22.6 Å². The van der Waals surface area contributed by atoms with E-state index < -0.39 is 17.8 Å². The van der Waals surface area contributed by atoms with Crippen LogP contribution in [0.25, 0.3) is 11.4 Å². The Balaban J connectivity index is 1.57. The first-order valence-electron chi connectivity index (χ1n) is 9.38. The Morgan fingerprint density at radius 2 is 1.97 bits per heavy atom. The third-order valence-corrected chi connectivity index (χ3v) is 5.15. The lowest BCUT2D eigenvalue weighted by molar-refractivity contribution is -0.137. The van der Waals surface area contributed by atoms with Gasteiger partial charge in [0.25, 0.3) is 0 Å². The van der Waals surface area contributed by atoms with Gasteiger partial charge in [0.2, 0.25) is 17.6 Å². The lowest BCUT2D eigenvalue weighted by Gasteiger charge is -2.34. The smallest absolute Gasteiger partial charge is 0.358 e. The number of nitrogens with zero attached hydrogens (tertiary/aromatic N) is 3. The fourth-order valence-corrected chi connectivity index (χ4v) is 3.61. The molecule has 6 nitrogen and oxygen atoms in total. The molecule has 0 fully saturated rings. The number of aromatic nitrogens is 2. The van der Waals surface area contributed by atoms with Crippen LogP contribution < -0.4 is 5.32 Å². The maximum Gasteiger partial charge on any atom is 0.416 e. The minimum Gasteiger partial charge on any atom is -0.358 e. The number of rotatable bonds is 4. The zero-order valence-corrected chi connectivity index (χ0v) is 16.1. The molecule has 9 heteroatoms. The SMILES string of the molecule is CNC(=O)[C@@H]1Cc2ccccc2CN1Cc1nc(-c2cccc(C(F)(F)F)c2)no1. The van der Waals surface area contributed by atoms with Gasteiger partial charge in [-0.2, -0.15) is 18.2 Å². The monoisotopic (exact) mass is 416 g/mol. The molecule has 0 saturated carbocycles. The van der Waals surface area contributed by atoms with E-state index in [0.29, 0.717) is 13.0 Å². The average molecular weight is 416 g/mol. The molecule has 2 aromatic carbocycles. The first kappa shape index (κ1) is 20.1. The van der Waals surface area contributed by atoms with Gasteiger partial charge in [0.15, 0.2) is 0 Å². The molecule has 3 aromatic rings. The van der Waals surface area contributed by atoms with Crippen molar-refractivity contribution in [3.05, 3.63) is 71.1 Å². The second-order valence-electron chi connectivity index (χ2n) is 7.10. The lowest BCUT2D eigenvalue weighted by Crippen LogP contribution is -2.49. The Labute approximate surface area is 170 Å². The Morgan fingerprint density at radius 1 is 1.20 bits per heavy atom. The highest BCUT2D eigenvalue weighted by Crippen LogP contribution is 2.31. The summed E-state index contributed by atoms with van der Waals surface area (Å²) in [7, 11) is 1.58. The van der Waals surface area contributed by atoms with E-state index in [0.717, 1.165) is 23.3 Å². The summed E-state index contributed by atoms with van der Waals surface area (Å²) in [5.74, 6) is 0.183. The first-order chi connectivity index (χ1) is 14.3. The maximum absolute atomic E-state index is 13.0. The number of hydrogen-bond donors (Lipinski definition) is 1. The molecule has 1 N–H and O–H groups in total. The third-order valence-electron chi connectivity index (χ3n) is 5.15. The molecule has 0 unspecified atom stereocenters. The Kier molecular flexibility index (Phi) is 5.29. The maximum atomic E-state index is 13.0. The van der Waals surface area contributed by atoms with Gasteiger partial charge in [0.1, 0.15) is 0 Å². The summed E-state index contributed by atoms with van der Waals surface area (Å²) in [4.78, 5) is 18.6. The number of hydrogen-bond acceptors (Lipinski definition) is 5. The minimum atomic E-state index is -4.45. The molecule has 156 valence electrons. The van der Waals surface area contributed by atoms with Crippen molar-refractivity contribution in [3.8, 4) is 11.4 Å². The van der Waals surface area contributed by atoms with Crippen LogP contribution in [0, 0.1) is 0 Å². The van der Waals surface area contributed by atoms with E-state index in [4.69, 9.17) is 4.52 Å². The molecule has 0 spiro atoms. The van der Waals surface area contributed by atoms with E-state index in [1.165, 1.54) is 12.1 Å². The Hall–Kier alpha value is -3.20. The van der Waals surface area contributed by atoms with Crippen molar-refractivity contribution < 1.29 is 22.5 Å². The van der Waals surface area contributed by atoms with E-state index in [9.17, 15) is 18.0 Å². The van der Waals surface area contributed by atoms with Crippen molar-refractivity contribution in [1.82, 2.24) is 20.4 Å². The van der Waals surface area contributed by atoms with Crippen molar-refractivity contribution in [2.75, 3.05) is 7.05 Å². The van der Waals surface area contributed by atoms with Gasteiger partial charge >= 0.3 is 6.18 Å². The molecule has 0 radical (unpaired) electrons. The quantitative estimate of drug-likeness (QED) is 0.706. The second kappa shape index (κ2) is 7.91. The lowest BCUT2D eigenvalue weighted by atomic mass is 9.93. The van der Waals surface area contributed by atoms with Crippen molar-refractivity contribution in [1.29, 1.82) is 0 Å². The summed E-state index contributed by atoms with van der Waals surface area (Å²) in [5.41, 5.74) is 1.65. The minimum absolute atomic E-state index is 0.0741. The van der Waals surface area contributed by atoms with Crippen molar-refractivity contribution in [3.63, 3.8) is 0 Å². The molecule has 1 atom stereocenters. The molecular formula is C21H19F3N4O2. The van der Waals surface area contributed by atoms with Gasteiger partial charge in [-0.1, -0.05) is 41.6 Å². The van der Waals surface area contributed by atoms with Crippen LogP contribution in [-0.4, -0.2) is 34.0 Å². The average Bonchev–Trinajstić information content (AvgIpc) is 3.21. The van der Waals surface area contributed by atoms with E-state index in [1.807, 2.05) is 29.2 Å². The molecule has 2 heterocycles. The number of fused-ring (bicyclic) bond motifs is 1. The summed E-state index contributed by atoms with van der Waals surface area (Å²) in [6, 6.07) is 12.2. The van der Waals surface area contributed by atoms with Crippen LogP contribution in [0.4, 0.5) is 13.2 Å². The summed E-state index contributed by atoms with van der Waals surface area (Å²) >= 11 is 0. The van der Waals surface area contributed by atoms with Gasteiger partial charge in [0, 0.05) is 19.2 Å².